The number of aromatic nitrogens is 2. The molecule has 0 radical (unpaired) electrons. The second-order valence-electron chi connectivity index (χ2n) is 7.18. The Morgan fingerprint density at radius 2 is 1.83 bits per heavy atom. The lowest BCUT2D eigenvalue weighted by atomic mass is 9.67. The van der Waals surface area contributed by atoms with Crippen LogP contribution in [0.5, 0.6) is 0 Å². The maximum absolute atomic E-state index is 4.71. The predicted octanol–water partition coefficient (Wildman–Crippen LogP) is 4.26. The van der Waals surface area contributed by atoms with Gasteiger partial charge in [0.2, 0.25) is 0 Å². The molecule has 1 aliphatic rings. The van der Waals surface area contributed by atoms with Crippen LogP contribution in [0.3, 0.4) is 0 Å². The topological polar surface area (TPSA) is 17.3 Å². The largest absolute Gasteiger partial charge is 0.291 e. The summed E-state index contributed by atoms with van der Waals surface area (Å²) in [5.41, 5.74) is 4.66. The van der Waals surface area contributed by atoms with Crippen molar-refractivity contribution in [3.8, 4) is 0 Å². The first-order chi connectivity index (χ1) is 8.21. The molecule has 98 valence electrons. The second kappa shape index (κ2) is 3.38. The van der Waals surface area contributed by atoms with Crippen LogP contribution in [0.1, 0.15) is 56.1 Å². The molecule has 0 atom stereocenters. The molecule has 1 aliphatic carbocycles. The van der Waals surface area contributed by atoms with Crippen LogP contribution in [0.2, 0.25) is 0 Å². The minimum atomic E-state index is 0.281. The number of imidazole rings is 1. The van der Waals surface area contributed by atoms with E-state index in [9.17, 15) is 0 Å². The molecule has 0 saturated heterocycles. The van der Waals surface area contributed by atoms with Gasteiger partial charge < -0.3 is 0 Å². The van der Waals surface area contributed by atoms with Gasteiger partial charge in [-0.05, 0) is 32.1 Å². The van der Waals surface area contributed by atoms with E-state index in [0.29, 0.717) is 5.41 Å². The average molecular weight is 262 g/mol. The van der Waals surface area contributed by atoms with Crippen LogP contribution in [0.25, 0.3) is 4.96 Å². The van der Waals surface area contributed by atoms with E-state index >= 15 is 0 Å². The highest BCUT2D eigenvalue weighted by molar-refractivity contribution is 7.17. The molecule has 18 heavy (non-hydrogen) atoms. The summed E-state index contributed by atoms with van der Waals surface area (Å²) in [6.07, 6.45) is 2.43. The first-order valence-electron chi connectivity index (χ1n) is 6.69. The van der Waals surface area contributed by atoms with Crippen molar-refractivity contribution < 1.29 is 0 Å². The van der Waals surface area contributed by atoms with Crippen LogP contribution in [0, 0.1) is 19.3 Å². The Morgan fingerprint density at radius 3 is 2.50 bits per heavy atom. The molecule has 2 heterocycles. The van der Waals surface area contributed by atoms with Crippen molar-refractivity contribution in [3.05, 3.63) is 22.0 Å². The van der Waals surface area contributed by atoms with E-state index in [1.807, 2.05) is 11.3 Å². The third kappa shape index (κ3) is 1.56. The molecule has 0 spiro atoms. The highest BCUT2D eigenvalue weighted by Crippen LogP contribution is 2.48. The lowest BCUT2D eigenvalue weighted by Crippen LogP contribution is -2.34. The third-order valence-electron chi connectivity index (χ3n) is 4.22. The predicted molar refractivity (Wildman–Crippen MR) is 77.7 cm³/mol. The van der Waals surface area contributed by atoms with Crippen molar-refractivity contribution >= 4 is 16.3 Å². The standard InChI is InChI=1S/C15H22N2S/c1-9-10(2)17-11-7-14(3,4)8-15(5,6)12(11)18-13(17)16-9/h7-8H2,1-6H3. The minimum Gasteiger partial charge on any atom is -0.291 e. The Labute approximate surface area is 113 Å². The molecule has 3 rings (SSSR count). The van der Waals surface area contributed by atoms with E-state index in [1.54, 1.807) is 4.88 Å². The smallest absolute Gasteiger partial charge is 0.194 e. The number of rotatable bonds is 0. The van der Waals surface area contributed by atoms with Gasteiger partial charge in [0.1, 0.15) is 0 Å². The fraction of sp³-hybridized carbons (Fsp3) is 0.667. The molecule has 0 bridgehead atoms. The van der Waals surface area contributed by atoms with E-state index < -0.39 is 0 Å². The van der Waals surface area contributed by atoms with Crippen molar-refractivity contribution in [2.24, 2.45) is 5.41 Å². The zero-order valence-corrected chi connectivity index (χ0v) is 13.0. The summed E-state index contributed by atoms with van der Waals surface area (Å²) in [5.74, 6) is 0. The number of nitrogens with zero attached hydrogens (tertiary/aromatic N) is 2. The summed E-state index contributed by atoms with van der Waals surface area (Å²) in [6, 6.07) is 0. The van der Waals surface area contributed by atoms with Crippen LogP contribution < -0.4 is 0 Å². The molecule has 2 nitrogen and oxygen atoms in total. The van der Waals surface area contributed by atoms with Gasteiger partial charge in [0.25, 0.3) is 0 Å². The van der Waals surface area contributed by atoms with E-state index in [2.05, 4.69) is 45.9 Å². The molecule has 0 unspecified atom stereocenters. The van der Waals surface area contributed by atoms with Gasteiger partial charge in [0.15, 0.2) is 4.96 Å². The average Bonchev–Trinajstić information content (AvgIpc) is 2.64. The molecule has 2 aromatic heterocycles. The summed E-state index contributed by atoms with van der Waals surface area (Å²) in [4.78, 5) is 7.44. The van der Waals surface area contributed by atoms with Crippen molar-refractivity contribution in [2.75, 3.05) is 0 Å². The summed E-state index contributed by atoms with van der Waals surface area (Å²) in [7, 11) is 0. The number of fused-ring (bicyclic) bond motifs is 3. The molecule has 0 amide bonds. The van der Waals surface area contributed by atoms with Crippen molar-refractivity contribution in [3.63, 3.8) is 0 Å². The Bertz CT molecular complexity index is 628. The van der Waals surface area contributed by atoms with Gasteiger partial charge in [0.05, 0.1) is 5.69 Å². The second-order valence-corrected chi connectivity index (χ2v) is 8.16. The van der Waals surface area contributed by atoms with Crippen LogP contribution in [-0.2, 0) is 11.8 Å². The Balaban J connectivity index is 2.33. The van der Waals surface area contributed by atoms with Gasteiger partial charge >= 0.3 is 0 Å². The molecule has 0 aromatic carbocycles. The van der Waals surface area contributed by atoms with Crippen molar-refractivity contribution in [2.45, 2.75) is 59.8 Å². The SMILES string of the molecule is Cc1nc2sc3c(n2c1C)CC(C)(C)CC3(C)C. The molecular formula is C15H22N2S. The Morgan fingerprint density at radius 1 is 1.17 bits per heavy atom. The van der Waals surface area contributed by atoms with Gasteiger partial charge in [-0.15, -0.1) is 11.3 Å². The molecule has 0 aliphatic heterocycles. The van der Waals surface area contributed by atoms with Gasteiger partial charge in [-0.25, -0.2) is 4.98 Å². The zero-order valence-electron chi connectivity index (χ0n) is 12.2. The molecule has 0 saturated carbocycles. The Kier molecular flexibility index (Phi) is 2.30. The maximum Gasteiger partial charge on any atom is 0.194 e. The third-order valence-corrected chi connectivity index (χ3v) is 5.67. The number of hydrogen-bond acceptors (Lipinski definition) is 2. The molecular weight excluding hydrogens is 240 g/mol. The molecule has 2 aromatic rings. The van der Waals surface area contributed by atoms with Gasteiger partial charge in [0, 0.05) is 21.7 Å². The summed E-state index contributed by atoms with van der Waals surface area (Å²) in [5, 5.41) is 0. The van der Waals surface area contributed by atoms with Gasteiger partial charge in [-0.3, -0.25) is 4.40 Å². The van der Waals surface area contributed by atoms with Crippen LogP contribution in [-0.4, -0.2) is 9.38 Å². The monoisotopic (exact) mass is 262 g/mol. The summed E-state index contributed by atoms with van der Waals surface area (Å²) < 4.78 is 2.40. The maximum atomic E-state index is 4.71. The first kappa shape index (κ1) is 12.2. The number of thiazole rings is 1. The lowest BCUT2D eigenvalue weighted by molar-refractivity contribution is 0.231. The van der Waals surface area contributed by atoms with Crippen molar-refractivity contribution in [1.82, 2.24) is 9.38 Å². The first-order valence-corrected chi connectivity index (χ1v) is 7.51. The van der Waals surface area contributed by atoms with Crippen LogP contribution in [0.4, 0.5) is 0 Å². The molecule has 0 N–H and O–H groups in total. The van der Waals surface area contributed by atoms with E-state index in [1.165, 1.54) is 34.9 Å². The fourth-order valence-corrected chi connectivity index (χ4v) is 5.03. The number of aryl methyl sites for hydroxylation is 2. The summed E-state index contributed by atoms with van der Waals surface area (Å²) >= 11 is 1.89. The van der Waals surface area contributed by atoms with Crippen molar-refractivity contribution in [1.29, 1.82) is 0 Å². The highest BCUT2D eigenvalue weighted by Gasteiger charge is 2.40. The summed E-state index contributed by atoms with van der Waals surface area (Å²) in [6.45, 7) is 13.8. The van der Waals surface area contributed by atoms with Crippen LogP contribution in [0.15, 0.2) is 0 Å². The van der Waals surface area contributed by atoms with E-state index in [0.717, 1.165) is 0 Å². The fourth-order valence-electron chi connectivity index (χ4n) is 3.70. The normalized spacial score (nSPS) is 21.2. The van der Waals surface area contributed by atoms with Crippen LogP contribution >= 0.6 is 11.3 Å². The van der Waals surface area contributed by atoms with Gasteiger partial charge in [-0.1, -0.05) is 27.7 Å². The van der Waals surface area contributed by atoms with Gasteiger partial charge in [-0.2, -0.15) is 0 Å². The highest BCUT2D eigenvalue weighted by atomic mass is 32.1. The van der Waals surface area contributed by atoms with E-state index in [4.69, 9.17) is 4.98 Å². The minimum absolute atomic E-state index is 0.281. The molecule has 3 heteroatoms. The quantitative estimate of drug-likeness (QED) is 0.693. The lowest BCUT2D eigenvalue weighted by Gasteiger charge is -2.40. The Hall–Kier alpha value is -0.830. The zero-order chi connectivity index (χ0) is 13.3. The number of hydrogen-bond donors (Lipinski definition) is 0. The molecule has 0 fully saturated rings. The van der Waals surface area contributed by atoms with E-state index in [-0.39, 0.29) is 5.41 Å².